The van der Waals surface area contributed by atoms with Gasteiger partial charge in [0, 0.05) is 24.2 Å². The van der Waals surface area contributed by atoms with Gasteiger partial charge in [-0.05, 0) is 31.2 Å². The molecule has 2 aromatic carbocycles. The van der Waals surface area contributed by atoms with Crippen LogP contribution < -0.4 is 14.3 Å². The molecule has 4 rings (SSSR count). The van der Waals surface area contributed by atoms with Gasteiger partial charge in [-0.3, -0.25) is 4.79 Å². The highest BCUT2D eigenvalue weighted by Crippen LogP contribution is 2.35. The van der Waals surface area contributed by atoms with Crippen LogP contribution in [0.1, 0.15) is 24.2 Å². The second kappa shape index (κ2) is 7.64. The summed E-state index contributed by atoms with van der Waals surface area (Å²) in [5.41, 5.74) is 1.27. The molecular weight excluding hydrogens is 412 g/mol. The van der Waals surface area contributed by atoms with Crippen LogP contribution in [0.5, 0.6) is 11.5 Å². The fourth-order valence-corrected chi connectivity index (χ4v) is 5.11. The largest absolute Gasteiger partial charge is 0.486 e. The smallest absolute Gasteiger partial charge is 0.279 e. The highest BCUT2D eigenvalue weighted by atomic mass is 32.2. The van der Waals surface area contributed by atoms with Crippen molar-refractivity contribution in [1.29, 1.82) is 0 Å². The number of aromatic nitrogens is 1. The zero-order chi connectivity index (χ0) is 20.6. The van der Waals surface area contributed by atoms with E-state index in [1.807, 2.05) is 23.6 Å². The fraction of sp³-hybridized carbons (Fsp3) is 0.300. The first-order valence-corrected chi connectivity index (χ1v) is 11.7. The van der Waals surface area contributed by atoms with Gasteiger partial charge in [-0.2, -0.15) is 4.99 Å². The summed E-state index contributed by atoms with van der Waals surface area (Å²) in [6, 6.07) is 9.72. The van der Waals surface area contributed by atoms with Gasteiger partial charge in [-0.15, -0.1) is 0 Å². The molecule has 1 aliphatic rings. The second-order valence-corrected chi connectivity index (χ2v) is 9.72. The molecule has 0 saturated heterocycles. The lowest BCUT2D eigenvalue weighted by atomic mass is 10.2. The van der Waals surface area contributed by atoms with Crippen LogP contribution in [-0.2, 0) is 16.4 Å². The molecule has 1 amide bonds. The van der Waals surface area contributed by atoms with Gasteiger partial charge >= 0.3 is 0 Å². The third kappa shape index (κ3) is 3.67. The monoisotopic (exact) mass is 432 g/mol. The van der Waals surface area contributed by atoms with E-state index in [4.69, 9.17) is 9.47 Å². The van der Waals surface area contributed by atoms with Gasteiger partial charge in [0.15, 0.2) is 26.1 Å². The number of benzene rings is 2. The first-order chi connectivity index (χ1) is 13.9. The maximum atomic E-state index is 12.7. The maximum absolute atomic E-state index is 12.7. The molecule has 3 aromatic rings. The van der Waals surface area contributed by atoms with Crippen molar-refractivity contribution in [2.45, 2.75) is 25.3 Å². The second-order valence-electron chi connectivity index (χ2n) is 6.44. The Kier molecular flexibility index (Phi) is 5.18. The van der Waals surface area contributed by atoms with E-state index < -0.39 is 15.7 Å². The van der Waals surface area contributed by atoms with Crippen molar-refractivity contribution >= 4 is 37.3 Å². The Hall–Kier alpha value is -2.65. The maximum Gasteiger partial charge on any atom is 0.279 e. The zero-order valence-corrected chi connectivity index (χ0v) is 17.7. The Morgan fingerprint density at radius 2 is 1.76 bits per heavy atom. The summed E-state index contributed by atoms with van der Waals surface area (Å²) >= 11 is 1.40. The number of nitrogens with zero attached hydrogens (tertiary/aromatic N) is 2. The SMILES string of the molecule is CCn1c(=NC(=O)c2ccc(S(=O)(=O)CC)cc2)sc2cc3c(cc21)OCCO3. The van der Waals surface area contributed by atoms with E-state index in [-0.39, 0.29) is 10.6 Å². The van der Waals surface area contributed by atoms with E-state index in [0.717, 1.165) is 10.2 Å². The number of rotatable bonds is 4. The average Bonchev–Trinajstić information content (AvgIpc) is 3.07. The van der Waals surface area contributed by atoms with E-state index in [9.17, 15) is 13.2 Å². The number of hydrogen-bond donors (Lipinski definition) is 0. The van der Waals surface area contributed by atoms with Gasteiger partial charge in [0.25, 0.3) is 5.91 Å². The number of carbonyl (C=O) groups is 1. The standard InChI is InChI=1S/C20H20N2O5S2/c1-3-22-15-11-16-17(27-10-9-26-16)12-18(15)28-20(22)21-19(23)13-5-7-14(8-6-13)29(24,25)4-2/h5-8,11-12H,3-4,9-10H2,1-2H3. The molecule has 0 N–H and O–H groups in total. The minimum atomic E-state index is -3.30. The molecule has 0 radical (unpaired) electrons. The molecule has 152 valence electrons. The number of fused-ring (bicyclic) bond motifs is 2. The highest BCUT2D eigenvalue weighted by molar-refractivity contribution is 7.91. The van der Waals surface area contributed by atoms with Crippen molar-refractivity contribution in [3.8, 4) is 11.5 Å². The molecule has 0 saturated carbocycles. The number of carbonyl (C=O) groups excluding carboxylic acids is 1. The minimum absolute atomic E-state index is 0.0142. The van der Waals surface area contributed by atoms with Crippen LogP contribution in [0, 0.1) is 0 Å². The molecule has 0 unspecified atom stereocenters. The molecule has 2 heterocycles. The third-order valence-corrected chi connectivity index (χ3v) is 7.49. The normalized spacial score (nSPS) is 14.3. The summed E-state index contributed by atoms with van der Waals surface area (Å²) in [7, 11) is -3.30. The minimum Gasteiger partial charge on any atom is -0.486 e. The molecule has 7 nitrogen and oxygen atoms in total. The Morgan fingerprint density at radius 3 is 2.38 bits per heavy atom. The van der Waals surface area contributed by atoms with E-state index >= 15 is 0 Å². The lowest BCUT2D eigenvalue weighted by Crippen LogP contribution is -2.17. The topological polar surface area (TPSA) is 87.0 Å². The molecule has 0 atom stereocenters. The van der Waals surface area contributed by atoms with Crippen LogP contribution in [0.3, 0.4) is 0 Å². The van der Waals surface area contributed by atoms with E-state index in [1.54, 1.807) is 6.92 Å². The van der Waals surface area contributed by atoms with Crippen LogP contribution in [0.25, 0.3) is 10.2 Å². The lowest BCUT2D eigenvalue weighted by molar-refractivity contribution is 0.0997. The zero-order valence-electron chi connectivity index (χ0n) is 16.0. The van der Waals surface area contributed by atoms with E-state index in [2.05, 4.69) is 4.99 Å². The van der Waals surface area contributed by atoms with Gasteiger partial charge in [0.2, 0.25) is 0 Å². The Labute approximate surface area is 172 Å². The Balaban J connectivity index is 1.74. The molecule has 1 aromatic heterocycles. The van der Waals surface area contributed by atoms with Crippen molar-refractivity contribution in [2.24, 2.45) is 4.99 Å². The van der Waals surface area contributed by atoms with Crippen LogP contribution in [0.15, 0.2) is 46.3 Å². The van der Waals surface area contributed by atoms with Gasteiger partial charge < -0.3 is 14.0 Å². The Bertz CT molecular complexity index is 1250. The molecule has 0 spiro atoms. The first kappa shape index (κ1) is 19.7. The summed E-state index contributed by atoms with van der Waals surface area (Å²) in [5.74, 6) is 0.977. The van der Waals surface area contributed by atoms with Crippen LogP contribution in [0.4, 0.5) is 0 Å². The number of aryl methyl sites for hydroxylation is 1. The molecule has 9 heteroatoms. The van der Waals surface area contributed by atoms with Crippen molar-refractivity contribution in [2.75, 3.05) is 19.0 Å². The van der Waals surface area contributed by atoms with Crippen molar-refractivity contribution < 1.29 is 22.7 Å². The van der Waals surface area contributed by atoms with Crippen molar-refractivity contribution in [3.63, 3.8) is 0 Å². The van der Waals surface area contributed by atoms with Gasteiger partial charge in [-0.25, -0.2) is 8.42 Å². The van der Waals surface area contributed by atoms with Gasteiger partial charge in [0.1, 0.15) is 13.2 Å². The molecular formula is C20H20N2O5S2. The number of ether oxygens (including phenoxy) is 2. The van der Waals surface area contributed by atoms with Gasteiger partial charge in [-0.1, -0.05) is 18.3 Å². The van der Waals surface area contributed by atoms with Crippen LogP contribution in [-0.4, -0.2) is 37.9 Å². The number of hydrogen-bond acceptors (Lipinski definition) is 6. The summed E-state index contributed by atoms with van der Waals surface area (Å²) < 4.78 is 38.1. The Morgan fingerprint density at radius 1 is 1.10 bits per heavy atom. The predicted octanol–water partition coefficient (Wildman–Crippen LogP) is 3.03. The van der Waals surface area contributed by atoms with Crippen LogP contribution in [0.2, 0.25) is 0 Å². The van der Waals surface area contributed by atoms with Gasteiger partial charge in [0.05, 0.1) is 20.9 Å². The molecule has 0 aliphatic carbocycles. The quantitative estimate of drug-likeness (QED) is 0.632. The number of amides is 1. The van der Waals surface area contributed by atoms with Crippen molar-refractivity contribution in [1.82, 2.24) is 4.57 Å². The van der Waals surface area contributed by atoms with E-state index in [1.165, 1.54) is 35.6 Å². The highest BCUT2D eigenvalue weighted by Gasteiger charge is 2.17. The molecule has 0 fully saturated rings. The molecule has 1 aliphatic heterocycles. The van der Waals surface area contributed by atoms with E-state index in [0.29, 0.717) is 41.6 Å². The molecule has 29 heavy (non-hydrogen) atoms. The summed E-state index contributed by atoms with van der Waals surface area (Å²) in [6.07, 6.45) is 0. The third-order valence-electron chi connectivity index (χ3n) is 4.70. The summed E-state index contributed by atoms with van der Waals surface area (Å²) in [5, 5.41) is 0. The first-order valence-electron chi connectivity index (χ1n) is 9.28. The fourth-order valence-electron chi connectivity index (χ4n) is 3.12. The molecule has 0 bridgehead atoms. The average molecular weight is 433 g/mol. The van der Waals surface area contributed by atoms with Crippen LogP contribution >= 0.6 is 11.3 Å². The number of sulfone groups is 1. The predicted molar refractivity (Wildman–Crippen MR) is 111 cm³/mol. The van der Waals surface area contributed by atoms with Crippen molar-refractivity contribution in [3.05, 3.63) is 46.8 Å². The summed E-state index contributed by atoms with van der Waals surface area (Å²) in [6.45, 7) is 5.23. The lowest BCUT2D eigenvalue weighted by Gasteiger charge is -2.18. The summed E-state index contributed by atoms with van der Waals surface area (Å²) in [4.78, 5) is 17.7. The number of thiazole rings is 1.